The maximum absolute atomic E-state index is 16.0. The molecular weight excluding hydrogens is 767 g/mol. The number of fused-ring (bicyclic) bond motifs is 4. The van der Waals surface area contributed by atoms with Gasteiger partial charge in [-0.15, -0.1) is 45.3 Å². The summed E-state index contributed by atoms with van der Waals surface area (Å²) in [7, 11) is 0. The van der Waals surface area contributed by atoms with Crippen LogP contribution in [0, 0.1) is 13.8 Å². The molecule has 4 heterocycles. The van der Waals surface area contributed by atoms with Gasteiger partial charge in [-0.2, -0.15) is 26.3 Å². The first-order chi connectivity index (χ1) is 25.2. The summed E-state index contributed by atoms with van der Waals surface area (Å²) in [5.74, 6) is -16.2. The summed E-state index contributed by atoms with van der Waals surface area (Å²) >= 11 is 4.82. The molecule has 0 saturated heterocycles. The van der Waals surface area contributed by atoms with Crippen molar-refractivity contribution in [1.82, 2.24) is 0 Å². The van der Waals surface area contributed by atoms with Crippen LogP contribution in [0.15, 0.2) is 107 Å². The van der Waals surface area contributed by atoms with Crippen LogP contribution in [0.3, 0.4) is 0 Å². The van der Waals surface area contributed by atoms with Crippen molar-refractivity contribution in [3.63, 3.8) is 0 Å². The van der Waals surface area contributed by atoms with Gasteiger partial charge < -0.3 is 0 Å². The molecule has 0 fully saturated rings. The van der Waals surface area contributed by atoms with E-state index in [-0.39, 0.29) is 20.6 Å². The van der Waals surface area contributed by atoms with Crippen molar-refractivity contribution in [3.8, 4) is 20.9 Å². The quantitative estimate of drug-likeness (QED) is 0.131. The molecule has 1 aliphatic carbocycles. The highest BCUT2D eigenvalue weighted by atomic mass is 32.1. The lowest BCUT2D eigenvalue weighted by Crippen LogP contribution is -2.48. The van der Waals surface area contributed by atoms with Crippen LogP contribution in [0.4, 0.5) is 26.3 Å². The van der Waals surface area contributed by atoms with Crippen LogP contribution in [0.25, 0.3) is 72.4 Å². The van der Waals surface area contributed by atoms with Crippen LogP contribution in [-0.2, 0) is 0 Å². The summed E-state index contributed by atoms with van der Waals surface area (Å²) in [6.07, 6.45) is 0. The molecule has 0 amide bonds. The van der Waals surface area contributed by atoms with E-state index in [4.69, 9.17) is 0 Å². The molecule has 4 aromatic heterocycles. The van der Waals surface area contributed by atoms with E-state index in [1.165, 1.54) is 48.7 Å². The van der Waals surface area contributed by atoms with E-state index < -0.39 is 40.0 Å². The number of hydrogen-bond donors (Lipinski definition) is 0. The van der Waals surface area contributed by atoms with Gasteiger partial charge in [0.25, 0.3) is 0 Å². The summed E-state index contributed by atoms with van der Waals surface area (Å²) in [5.41, 5.74) is -3.16. The lowest BCUT2D eigenvalue weighted by Gasteiger charge is -2.25. The molecule has 0 bridgehead atoms. The fourth-order valence-corrected chi connectivity index (χ4v) is 11.2. The first-order valence-corrected chi connectivity index (χ1v) is 19.5. The first-order valence-electron chi connectivity index (χ1n) is 16.2. The zero-order valence-electron chi connectivity index (χ0n) is 27.5. The number of hydrogen-bond acceptors (Lipinski definition) is 6. The number of allylic oxidation sites excluding steroid dienone is 2. The van der Waals surface area contributed by atoms with Crippen LogP contribution in [0.2, 0.25) is 0 Å². The van der Waals surface area contributed by atoms with Gasteiger partial charge in [0.05, 0.1) is 0 Å². The number of halogens is 6. The van der Waals surface area contributed by atoms with Gasteiger partial charge in [0.1, 0.15) is 0 Å². The maximum atomic E-state index is 16.0. The number of thiophene rings is 2. The van der Waals surface area contributed by atoms with Crippen LogP contribution < -0.4 is 10.9 Å². The van der Waals surface area contributed by atoms with Gasteiger partial charge in [-0.05, 0) is 96.8 Å². The van der Waals surface area contributed by atoms with Crippen LogP contribution >= 0.6 is 45.3 Å². The molecule has 0 atom stereocenters. The topological polar surface area (TPSA) is 34.1 Å². The van der Waals surface area contributed by atoms with E-state index in [9.17, 15) is 9.59 Å². The third-order valence-electron chi connectivity index (χ3n) is 9.76. The molecule has 9 rings (SSSR count). The van der Waals surface area contributed by atoms with E-state index >= 15 is 26.3 Å². The third kappa shape index (κ3) is 4.88. The van der Waals surface area contributed by atoms with E-state index in [0.29, 0.717) is 51.8 Å². The SMILES string of the molecule is Cc1sc(-c2ccc3sc4ccccc4c(=O)c3c2)cc1C1=C(c2cc(-c3ccc4sc5ccccc5c(=O)c4c3)sc2C)C(F)(F)C(F)(F)C1(F)F. The second-order valence-corrected chi connectivity index (χ2v) is 17.6. The predicted molar refractivity (Wildman–Crippen MR) is 209 cm³/mol. The Kier molecular flexibility index (Phi) is 7.53. The Balaban J connectivity index is 1.21. The van der Waals surface area contributed by atoms with Gasteiger partial charge in [-0.3, -0.25) is 9.59 Å². The Morgan fingerprint density at radius 2 is 0.830 bits per heavy atom. The van der Waals surface area contributed by atoms with Crippen molar-refractivity contribution in [2.45, 2.75) is 31.6 Å². The maximum Gasteiger partial charge on any atom is 0.380 e. The van der Waals surface area contributed by atoms with Crippen molar-refractivity contribution >= 4 is 96.8 Å². The van der Waals surface area contributed by atoms with Crippen LogP contribution in [0.5, 0.6) is 0 Å². The van der Waals surface area contributed by atoms with Crippen molar-refractivity contribution in [2.75, 3.05) is 0 Å². The van der Waals surface area contributed by atoms with E-state index in [1.807, 2.05) is 24.3 Å². The molecule has 0 saturated carbocycles. The number of rotatable bonds is 4. The molecule has 0 radical (unpaired) electrons. The lowest BCUT2D eigenvalue weighted by molar-refractivity contribution is -0.254. The molecule has 0 spiro atoms. The van der Waals surface area contributed by atoms with E-state index in [1.54, 1.807) is 60.7 Å². The molecule has 2 nitrogen and oxygen atoms in total. The molecule has 8 aromatic rings. The van der Waals surface area contributed by atoms with Crippen molar-refractivity contribution in [2.24, 2.45) is 0 Å². The standard InChI is InChI=1S/C41H22F6O2S4/c1-19-25(17-33(50-19)21-11-13-31-27(15-21)37(48)23-7-3-5-9-29(23)52-31)35-36(40(44,45)41(46,47)39(35,42)43)26-18-34(51-20(26)2)22-12-14-32-28(16-22)38(49)24-8-4-6-10-30(24)53-32/h3-18H,1-2H3. The minimum absolute atomic E-state index is 0.142. The van der Waals surface area contributed by atoms with E-state index in [2.05, 4.69) is 0 Å². The summed E-state index contributed by atoms with van der Waals surface area (Å²) in [4.78, 5) is 27.8. The minimum atomic E-state index is -5.72. The number of benzene rings is 4. The Labute approximate surface area is 312 Å². The summed E-state index contributed by atoms with van der Waals surface area (Å²) in [6.45, 7) is 2.86. The fraction of sp³-hybridized carbons (Fsp3) is 0.122. The zero-order chi connectivity index (χ0) is 37.2. The molecule has 264 valence electrons. The predicted octanol–water partition coefficient (Wildman–Crippen LogP) is 13.0. The molecule has 1 aliphatic rings. The summed E-state index contributed by atoms with van der Waals surface area (Å²) in [6, 6.07) is 26.9. The molecule has 4 aromatic carbocycles. The lowest BCUT2D eigenvalue weighted by atomic mass is 9.94. The first kappa shape index (κ1) is 34.2. The molecule has 0 N–H and O–H groups in total. The largest absolute Gasteiger partial charge is 0.380 e. The highest BCUT2D eigenvalue weighted by Crippen LogP contribution is 2.66. The third-order valence-corrected chi connectivity index (χ3v) is 14.3. The average Bonchev–Trinajstić information content (AvgIpc) is 3.74. The molecule has 0 aliphatic heterocycles. The average molecular weight is 789 g/mol. The van der Waals surface area contributed by atoms with E-state index in [0.717, 1.165) is 32.1 Å². The molecule has 12 heteroatoms. The summed E-state index contributed by atoms with van der Waals surface area (Å²) < 4.78 is 97.6. The number of aryl methyl sites for hydroxylation is 2. The van der Waals surface area contributed by atoms with Gasteiger partial charge >= 0.3 is 17.8 Å². The Bertz CT molecular complexity index is 2820. The zero-order valence-corrected chi connectivity index (χ0v) is 30.7. The smallest absolute Gasteiger partial charge is 0.289 e. The molecule has 53 heavy (non-hydrogen) atoms. The monoisotopic (exact) mass is 788 g/mol. The van der Waals surface area contributed by atoms with Crippen molar-refractivity contribution < 1.29 is 26.3 Å². The highest BCUT2D eigenvalue weighted by Gasteiger charge is 2.80. The Morgan fingerprint density at radius 1 is 0.453 bits per heavy atom. The second-order valence-electron chi connectivity index (χ2n) is 12.9. The highest BCUT2D eigenvalue weighted by molar-refractivity contribution is 7.25. The van der Waals surface area contributed by atoms with Gasteiger partial charge in [0.2, 0.25) is 0 Å². The molecular formula is C41H22F6O2S4. The van der Waals surface area contributed by atoms with Gasteiger partial charge in [-0.1, -0.05) is 36.4 Å². The van der Waals surface area contributed by atoms with Gasteiger partial charge in [-0.25, -0.2) is 0 Å². The Hall–Kier alpha value is -4.62. The van der Waals surface area contributed by atoms with Gasteiger partial charge in [0, 0.05) is 71.0 Å². The minimum Gasteiger partial charge on any atom is -0.289 e. The second kappa shape index (κ2) is 11.7. The van der Waals surface area contributed by atoms with Crippen LogP contribution in [-0.4, -0.2) is 17.8 Å². The molecule has 0 unspecified atom stereocenters. The number of alkyl halides is 6. The van der Waals surface area contributed by atoms with Crippen molar-refractivity contribution in [3.05, 3.63) is 138 Å². The van der Waals surface area contributed by atoms with Crippen molar-refractivity contribution in [1.29, 1.82) is 0 Å². The summed E-state index contributed by atoms with van der Waals surface area (Å²) in [5, 5.41) is 1.84. The normalized spacial score (nSPS) is 16.5. The Morgan fingerprint density at radius 3 is 1.25 bits per heavy atom. The fourth-order valence-electron chi connectivity index (χ4n) is 7.09. The van der Waals surface area contributed by atoms with Gasteiger partial charge in [0.15, 0.2) is 10.9 Å². The van der Waals surface area contributed by atoms with Crippen LogP contribution in [0.1, 0.15) is 20.9 Å².